The van der Waals surface area contributed by atoms with Crippen molar-refractivity contribution in [2.75, 3.05) is 5.73 Å². The minimum absolute atomic E-state index is 0.00818. The van der Waals surface area contributed by atoms with Crippen LogP contribution in [0.15, 0.2) is 30.3 Å². The molecule has 2 aromatic carbocycles. The van der Waals surface area contributed by atoms with Crippen molar-refractivity contribution in [3.8, 4) is 11.5 Å². The quantitative estimate of drug-likeness (QED) is 0.671. The topological polar surface area (TPSA) is 52.3 Å². The second-order valence-electron chi connectivity index (χ2n) is 5.06. The van der Waals surface area contributed by atoms with E-state index in [0.717, 1.165) is 16.9 Å². The van der Waals surface area contributed by atoms with Gasteiger partial charge in [0.1, 0.15) is 11.5 Å². The number of hydrogen-bond donors (Lipinski definition) is 1. The molecule has 104 valence electrons. The van der Waals surface area contributed by atoms with Gasteiger partial charge in [-0.2, -0.15) is 0 Å². The van der Waals surface area contributed by atoms with E-state index in [1.54, 1.807) is 18.2 Å². The van der Waals surface area contributed by atoms with E-state index in [2.05, 4.69) is 6.07 Å². The third kappa shape index (κ3) is 2.67. The van der Waals surface area contributed by atoms with Gasteiger partial charge in [-0.05, 0) is 62.6 Å². The third-order valence-electron chi connectivity index (χ3n) is 3.50. The number of anilines is 1. The van der Waals surface area contributed by atoms with Gasteiger partial charge in [-0.3, -0.25) is 4.79 Å². The molecule has 0 aromatic heterocycles. The first-order chi connectivity index (χ1) is 9.40. The van der Waals surface area contributed by atoms with Gasteiger partial charge in [0.2, 0.25) is 0 Å². The van der Waals surface area contributed by atoms with Crippen LogP contribution in [0, 0.1) is 20.8 Å². The summed E-state index contributed by atoms with van der Waals surface area (Å²) in [6.45, 7) is 7.59. The fourth-order valence-electron chi connectivity index (χ4n) is 2.05. The molecule has 2 N–H and O–H groups in total. The van der Waals surface area contributed by atoms with Gasteiger partial charge in [0, 0.05) is 5.56 Å². The van der Waals surface area contributed by atoms with E-state index in [1.165, 1.54) is 12.5 Å². The van der Waals surface area contributed by atoms with Crippen LogP contribution in [0.1, 0.15) is 34.0 Å². The predicted molar refractivity (Wildman–Crippen MR) is 81.6 cm³/mol. The lowest BCUT2D eigenvalue weighted by Gasteiger charge is -2.15. The van der Waals surface area contributed by atoms with Crippen molar-refractivity contribution >= 4 is 11.5 Å². The highest BCUT2D eigenvalue weighted by Gasteiger charge is 2.11. The van der Waals surface area contributed by atoms with Gasteiger partial charge in [-0.1, -0.05) is 12.1 Å². The first-order valence-electron chi connectivity index (χ1n) is 6.55. The van der Waals surface area contributed by atoms with Crippen LogP contribution in [0.25, 0.3) is 0 Å². The van der Waals surface area contributed by atoms with Crippen LogP contribution < -0.4 is 10.5 Å². The molecule has 0 fully saturated rings. The van der Waals surface area contributed by atoms with Crippen molar-refractivity contribution in [1.82, 2.24) is 0 Å². The Kier molecular flexibility index (Phi) is 3.79. The number of ketones is 1. The summed E-state index contributed by atoms with van der Waals surface area (Å²) in [5.74, 6) is 1.39. The zero-order valence-corrected chi connectivity index (χ0v) is 12.3. The molecule has 0 aliphatic rings. The van der Waals surface area contributed by atoms with E-state index < -0.39 is 0 Å². The minimum atomic E-state index is -0.00818. The normalized spacial score (nSPS) is 10.4. The van der Waals surface area contributed by atoms with Crippen LogP contribution in [0.5, 0.6) is 11.5 Å². The van der Waals surface area contributed by atoms with E-state index in [-0.39, 0.29) is 5.78 Å². The van der Waals surface area contributed by atoms with Gasteiger partial charge in [0.15, 0.2) is 5.78 Å². The first-order valence-corrected chi connectivity index (χ1v) is 6.55. The van der Waals surface area contributed by atoms with Gasteiger partial charge in [-0.15, -0.1) is 0 Å². The summed E-state index contributed by atoms with van der Waals surface area (Å²) >= 11 is 0. The molecule has 0 unspecified atom stereocenters. The summed E-state index contributed by atoms with van der Waals surface area (Å²) in [6.07, 6.45) is 0. The van der Waals surface area contributed by atoms with Crippen molar-refractivity contribution in [3.05, 3.63) is 52.6 Å². The third-order valence-corrected chi connectivity index (χ3v) is 3.50. The zero-order chi connectivity index (χ0) is 14.9. The van der Waals surface area contributed by atoms with Gasteiger partial charge in [-0.25, -0.2) is 0 Å². The van der Waals surface area contributed by atoms with Gasteiger partial charge < -0.3 is 10.5 Å². The molecule has 20 heavy (non-hydrogen) atoms. The molecule has 3 nitrogen and oxygen atoms in total. The highest BCUT2D eigenvalue weighted by Crippen LogP contribution is 2.33. The number of nitrogens with two attached hydrogens (primary N) is 1. The average molecular weight is 269 g/mol. The molecule has 0 spiro atoms. The van der Waals surface area contributed by atoms with E-state index in [1.807, 2.05) is 26.8 Å². The lowest BCUT2D eigenvalue weighted by atomic mass is 10.1. The Bertz CT molecular complexity index is 675. The molecule has 0 saturated carbocycles. The Morgan fingerprint density at radius 1 is 1.05 bits per heavy atom. The Hall–Kier alpha value is -2.29. The van der Waals surface area contributed by atoms with Crippen LogP contribution in [-0.4, -0.2) is 5.78 Å². The van der Waals surface area contributed by atoms with E-state index in [4.69, 9.17) is 10.5 Å². The second-order valence-corrected chi connectivity index (χ2v) is 5.06. The lowest BCUT2D eigenvalue weighted by Crippen LogP contribution is -1.99. The molecule has 0 heterocycles. The maximum Gasteiger partial charge on any atom is 0.159 e. The van der Waals surface area contributed by atoms with Gasteiger partial charge >= 0.3 is 0 Å². The molecule has 0 atom stereocenters. The van der Waals surface area contributed by atoms with E-state index in [0.29, 0.717) is 17.0 Å². The number of carbonyl (C=O) groups excluding carboxylic acids is 1. The largest absolute Gasteiger partial charge is 0.455 e. The maximum absolute atomic E-state index is 11.3. The Balaban J connectivity index is 2.41. The number of rotatable bonds is 3. The molecule has 0 amide bonds. The molecule has 0 saturated heterocycles. The zero-order valence-electron chi connectivity index (χ0n) is 12.3. The monoisotopic (exact) mass is 269 g/mol. The summed E-state index contributed by atoms with van der Waals surface area (Å²) in [5, 5.41) is 0. The number of nitrogen functional groups attached to an aromatic ring is 1. The van der Waals surface area contributed by atoms with Crippen LogP contribution >= 0.6 is 0 Å². The standard InChI is InChI=1S/C17H19NO2/c1-10-5-6-11(2)17(12(10)3)20-16-8-7-14(13(4)19)9-15(16)18/h5-9H,18H2,1-4H3. The number of carbonyl (C=O) groups is 1. The number of Topliss-reactive ketones (excluding diaryl/α,β-unsaturated/α-hetero) is 1. The Morgan fingerprint density at radius 2 is 1.70 bits per heavy atom. The Morgan fingerprint density at radius 3 is 2.30 bits per heavy atom. The highest BCUT2D eigenvalue weighted by molar-refractivity contribution is 5.95. The maximum atomic E-state index is 11.3. The van der Waals surface area contributed by atoms with Crippen molar-refractivity contribution in [3.63, 3.8) is 0 Å². The van der Waals surface area contributed by atoms with E-state index >= 15 is 0 Å². The van der Waals surface area contributed by atoms with Crippen molar-refractivity contribution in [2.45, 2.75) is 27.7 Å². The Labute approximate surface area is 119 Å². The lowest BCUT2D eigenvalue weighted by molar-refractivity contribution is 0.101. The number of aryl methyl sites for hydroxylation is 2. The SMILES string of the molecule is CC(=O)c1ccc(Oc2c(C)ccc(C)c2C)c(N)c1. The highest BCUT2D eigenvalue weighted by atomic mass is 16.5. The fraction of sp³-hybridized carbons (Fsp3) is 0.235. The van der Waals surface area contributed by atoms with E-state index in [9.17, 15) is 4.79 Å². The average Bonchev–Trinajstić information content (AvgIpc) is 2.40. The van der Waals surface area contributed by atoms with Crippen LogP contribution in [0.4, 0.5) is 5.69 Å². The molecular formula is C17H19NO2. The van der Waals surface area contributed by atoms with Crippen LogP contribution in [-0.2, 0) is 0 Å². The molecule has 3 heteroatoms. The smallest absolute Gasteiger partial charge is 0.159 e. The summed E-state index contributed by atoms with van der Waals surface area (Å²) < 4.78 is 5.95. The van der Waals surface area contributed by atoms with Crippen molar-refractivity contribution < 1.29 is 9.53 Å². The number of ether oxygens (including phenoxy) is 1. The number of hydrogen-bond acceptors (Lipinski definition) is 3. The van der Waals surface area contributed by atoms with Crippen LogP contribution in [0.3, 0.4) is 0 Å². The minimum Gasteiger partial charge on any atom is -0.455 e. The van der Waals surface area contributed by atoms with Crippen molar-refractivity contribution in [2.24, 2.45) is 0 Å². The molecule has 0 bridgehead atoms. The molecule has 0 aliphatic heterocycles. The molecule has 2 aromatic rings. The summed E-state index contributed by atoms with van der Waals surface area (Å²) in [4.78, 5) is 11.3. The van der Waals surface area contributed by atoms with Gasteiger partial charge in [0.05, 0.1) is 5.69 Å². The number of benzene rings is 2. The van der Waals surface area contributed by atoms with Crippen LogP contribution in [0.2, 0.25) is 0 Å². The first kappa shape index (κ1) is 14.1. The summed E-state index contributed by atoms with van der Waals surface area (Å²) in [5.41, 5.74) is 10.4. The molecule has 0 aliphatic carbocycles. The fourth-order valence-corrected chi connectivity index (χ4v) is 2.05. The molecule has 2 rings (SSSR count). The second kappa shape index (κ2) is 5.37. The van der Waals surface area contributed by atoms with Crippen molar-refractivity contribution in [1.29, 1.82) is 0 Å². The summed E-state index contributed by atoms with van der Waals surface area (Å²) in [7, 11) is 0. The molecular weight excluding hydrogens is 250 g/mol. The van der Waals surface area contributed by atoms with Gasteiger partial charge in [0.25, 0.3) is 0 Å². The summed E-state index contributed by atoms with van der Waals surface area (Å²) in [6, 6.07) is 9.22. The predicted octanol–water partition coefficient (Wildman–Crippen LogP) is 4.19. The molecule has 0 radical (unpaired) electrons.